The van der Waals surface area contributed by atoms with Crippen LogP contribution in [-0.2, 0) is 5.75 Å². The molecule has 2 N–H and O–H groups in total. The van der Waals surface area contributed by atoms with Crippen molar-refractivity contribution in [2.75, 3.05) is 12.3 Å². The Balaban J connectivity index is 2.08. The lowest BCUT2D eigenvalue weighted by Gasteiger charge is -2.08. The molecule has 0 radical (unpaired) electrons. The number of hydrogen-bond acceptors (Lipinski definition) is 4. The van der Waals surface area contributed by atoms with Crippen LogP contribution in [0.3, 0.4) is 0 Å². The fraction of sp³-hybridized carbons (Fsp3) is 0.231. The number of ether oxygens (including phenoxy) is 1. The topological polar surface area (TPSA) is 35.2 Å². The van der Waals surface area contributed by atoms with Crippen molar-refractivity contribution < 1.29 is 4.74 Å². The molecule has 2 aromatic rings. The number of anilines is 1. The first-order chi connectivity index (χ1) is 8.70. The van der Waals surface area contributed by atoms with Crippen LogP contribution in [0.1, 0.15) is 11.8 Å². The van der Waals surface area contributed by atoms with Gasteiger partial charge in [0.15, 0.2) is 0 Å². The molecule has 1 aromatic heterocycles. The van der Waals surface area contributed by atoms with E-state index in [1.807, 2.05) is 36.6 Å². The number of rotatable bonds is 5. The molecule has 96 valence electrons. The maximum absolute atomic E-state index is 6.07. The predicted octanol–water partition coefficient (Wildman–Crippen LogP) is 4.67. The maximum Gasteiger partial charge on any atom is 0.120 e. The number of hydrogen-bond donors (Lipinski definition) is 1. The molecule has 1 aromatic carbocycles. The summed E-state index contributed by atoms with van der Waals surface area (Å²) in [5.74, 6) is 1.68. The van der Waals surface area contributed by atoms with Gasteiger partial charge in [0.1, 0.15) is 5.75 Å². The molecule has 18 heavy (non-hydrogen) atoms. The average molecular weight is 300 g/mol. The van der Waals surface area contributed by atoms with E-state index in [1.54, 1.807) is 23.1 Å². The maximum atomic E-state index is 6.07. The minimum atomic E-state index is 0.658. The fourth-order valence-electron chi connectivity index (χ4n) is 1.47. The molecule has 0 saturated heterocycles. The van der Waals surface area contributed by atoms with Crippen molar-refractivity contribution in [3.8, 4) is 5.75 Å². The lowest BCUT2D eigenvalue weighted by molar-refractivity contribution is 0.339. The molecule has 1 heterocycles. The first-order valence-electron chi connectivity index (χ1n) is 5.57. The Kier molecular flexibility index (Phi) is 4.80. The van der Waals surface area contributed by atoms with Crippen LogP contribution in [-0.4, -0.2) is 6.61 Å². The number of thioether (sulfide) groups is 1. The van der Waals surface area contributed by atoms with E-state index in [9.17, 15) is 0 Å². The second kappa shape index (κ2) is 6.36. The SMILES string of the molecule is CCOc1ccc(N)c(SCc2sccc2Cl)c1. The van der Waals surface area contributed by atoms with E-state index < -0.39 is 0 Å². The highest BCUT2D eigenvalue weighted by atomic mass is 35.5. The quantitative estimate of drug-likeness (QED) is 0.643. The lowest BCUT2D eigenvalue weighted by Crippen LogP contribution is -1.94. The molecule has 0 unspecified atom stereocenters. The van der Waals surface area contributed by atoms with Crippen LogP contribution < -0.4 is 10.5 Å². The highest BCUT2D eigenvalue weighted by Crippen LogP contribution is 2.34. The molecule has 2 nitrogen and oxygen atoms in total. The molecule has 0 aliphatic carbocycles. The van der Waals surface area contributed by atoms with Crippen molar-refractivity contribution in [1.29, 1.82) is 0 Å². The highest BCUT2D eigenvalue weighted by molar-refractivity contribution is 7.98. The van der Waals surface area contributed by atoms with E-state index in [2.05, 4.69) is 0 Å². The van der Waals surface area contributed by atoms with Crippen LogP contribution in [0.4, 0.5) is 5.69 Å². The third kappa shape index (κ3) is 3.34. The normalized spacial score (nSPS) is 10.6. The minimum absolute atomic E-state index is 0.658. The molecule has 5 heteroatoms. The van der Waals surface area contributed by atoms with Crippen molar-refractivity contribution in [1.82, 2.24) is 0 Å². The van der Waals surface area contributed by atoms with Crippen molar-refractivity contribution in [2.45, 2.75) is 17.6 Å². The van der Waals surface area contributed by atoms with E-state index in [4.69, 9.17) is 22.1 Å². The Hall–Kier alpha value is -0.840. The zero-order valence-electron chi connectivity index (χ0n) is 9.98. The summed E-state index contributed by atoms with van der Waals surface area (Å²) in [6, 6.07) is 7.66. The second-order valence-corrected chi connectivity index (χ2v) is 6.04. The summed E-state index contributed by atoms with van der Waals surface area (Å²) < 4.78 is 5.47. The number of thiophene rings is 1. The predicted molar refractivity (Wildman–Crippen MR) is 80.9 cm³/mol. The Morgan fingerprint density at radius 1 is 1.39 bits per heavy atom. The van der Waals surface area contributed by atoms with Crippen molar-refractivity contribution in [3.63, 3.8) is 0 Å². The summed E-state index contributed by atoms with van der Waals surface area (Å²) in [7, 11) is 0. The smallest absolute Gasteiger partial charge is 0.120 e. The molecule has 0 bridgehead atoms. The number of benzene rings is 1. The zero-order valence-corrected chi connectivity index (χ0v) is 12.4. The van der Waals surface area contributed by atoms with Crippen LogP contribution in [0.25, 0.3) is 0 Å². The van der Waals surface area contributed by atoms with Crippen LogP contribution in [0.5, 0.6) is 5.75 Å². The van der Waals surface area contributed by atoms with Gasteiger partial charge in [-0.1, -0.05) is 11.6 Å². The molecular weight excluding hydrogens is 286 g/mol. The minimum Gasteiger partial charge on any atom is -0.494 e. The van der Waals surface area contributed by atoms with Gasteiger partial charge in [0.05, 0.1) is 11.6 Å². The van der Waals surface area contributed by atoms with Crippen LogP contribution in [0, 0.1) is 0 Å². The summed E-state index contributed by atoms with van der Waals surface area (Å²) in [5.41, 5.74) is 6.73. The Labute approximate surface area is 120 Å². The van der Waals surface area contributed by atoms with Gasteiger partial charge in [-0.15, -0.1) is 23.1 Å². The number of nitrogens with two attached hydrogens (primary N) is 1. The summed E-state index contributed by atoms with van der Waals surface area (Å²) in [6.07, 6.45) is 0. The van der Waals surface area contributed by atoms with Crippen molar-refractivity contribution in [2.24, 2.45) is 0 Å². The molecular formula is C13H14ClNOS2. The van der Waals surface area contributed by atoms with Crippen molar-refractivity contribution >= 4 is 40.4 Å². The van der Waals surface area contributed by atoms with Gasteiger partial charge in [-0.3, -0.25) is 0 Å². The average Bonchev–Trinajstić information content (AvgIpc) is 2.76. The van der Waals surface area contributed by atoms with Gasteiger partial charge in [0, 0.05) is 21.2 Å². The van der Waals surface area contributed by atoms with E-state index in [0.717, 1.165) is 27.1 Å². The van der Waals surface area contributed by atoms with Gasteiger partial charge in [0.25, 0.3) is 0 Å². The fourth-order valence-corrected chi connectivity index (χ4v) is 3.76. The summed E-state index contributed by atoms with van der Waals surface area (Å²) in [6.45, 7) is 2.62. The van der Waals surface area contributed by atoms with Gasteiger partial charge >= 0.3 is 0 Å². The van der Waals surface area contributed by atoms with Crippen LogP contribution >= 0.6 is 34.7 Å². The van der Waals surface area contributed by atoms with Crippen LogP contribution in [0.2, 0.25) is 5.02 Å². The molecule has 2 rings (SSSR count). The summed E-state index contributed by atoms with van der Waals surface area (Å²) in [5, 5.41) is 2.82. The van der Waals surface area contributed by atoms with E-state index >= 15 is 0 Å². The van der Waals surface area contributed by atoms with E-state index in [-0.39, 0.29) is 0 Å². The van der Waals surface area contributed by atoms with Crippen LogP contribution in [0.15, 0.2) is 34.5 Å². The molecule has 0 fully saturated rings. The summed E-state index contributed by atoms with van der Waals surface area (Å²) >= 11 is 9.41. The number of nitrogen functional groups attached to an aromatic ring is 1. The first kappa shape index (κ1) is 13.6. The molecule has 0 aliphatic rings. The van der Waals surface area contributed by atoms with Gasteiger partial charge in [0.2, 0.25) is 0 Å². The zero-order chi connectivity index (χ0) is 13.0. The van der Waals surface area contributed by atoms with E-state index in [1.165, 1.54) is 4.88 Å². The van der Waals surface area contributed by atoms with Crippen molar-refractivity contribution in [3.05, 3.63) is 39.5 Å². The third-order valence-electron chi connectivity index (χ3n) is 2.35. The number of halogens is 1. The van der Waals surface area contributed by atoms with Gasteiger partial charge in [-0.2, -0.15) is 0 Å². The molecule has 0 aliphatic heterocycles. The molecule has 0 saturated carbocycles. The lowest BCUT2D eigenvalue weighted by atomic mass is 10.3. The molecule has 0 atom stereocenters. The monoisotopic (exact) mass is 299 g/mol. The largest absolute Gasteiger partial charge is 0.494 e. The molecule has 0 spiro atoms. The second-order valence-electron chi connectivity index (χ2n) is 3.61. The van der Waals surface area contributed by atoms with Gasteiger partial charge in [-0.25, -0.2) is 0 Å². The Morgan fingerprint density at radius 2 is 2.22 bits per heavy atom. The third-order valence-corrected chi connectivity index (χ3v) is 5.01. The Bertz CT molecular complexity index is 527. The van der Waals surface area contributed by atoms with Gasteiger partial charge < -0.3 is 10.5 Å². The van der Waals surface area contributed by atoms with Gasteiger partial charge in [-0.05, 0) is 36.6 Å². The highest BCUT2D eigenvalue weighted by Gasteiger charge is 2.06. The summed E-state index contributed by atoms with van der Waals surface area (Å²) in [4.78, 5) is 2.20. The Morgan fingerprint density at radius 3 is 2.89 bits per heavy atom. The molecule has 0 amide bonds. The standard InChI is InChI=1S/C13H14ClNOS2/c1-2-16-9-3-4-11(15)12(7-9)18-8-13-10(14)5-6-17-13/h3-7H,2,8,15H2,1H3. The first-order valence-corrected chi connectivity index (χ1v) is 7.82. The van der Waals surface area contributed by atoms with E-state index in [0.29, 0.717) is 6.61 Å².